The van der Waals surface area contributed by atoms with Crippen LogP contribution in [0.5, 0.6) is 0 Å². The smallest absolute Gasteiger partial charge is 0.399 e. The molecular weight excluding hydrogens is 301 g/mol. The molecule has 0 aliphatic carbocycles. The van der Waals surface area contributed by atoms with Crippen molar-refractivity contribution in [1.29, 1.82) is 0 Å². The number of aromatic nitrogens is 2. The van der Waals surface area contributed by atoms with E-state index in [1.807, 2.05) is 19.1 Å². The number of nitrogens with zero attached hydrogens (tertiary/aromatic N) is 3. The molecule has 0 radical (unpaired) electrons. The van der Waals surface area contributed by atoms with Gasteiger partial charge in [-0.1, -0.05) is 30.4 Å². The Hall–Kier alpha value is -1.83. The summed E-state index contributed by atoms with van der Waals surface area (Å²) in [5.41, 5.74) is 7.26. The summed E-state index contributed by atoms with van der Waals surface area (Å²) in [5, 5.41) is 6.24. The van der Waals surface area contributed by atoms with Crippen LogP contribution in [-0.4, -0.2) is 16.7 Å². The highest BCUT2D eigenvalue weighted by molar-refractivity contribution is 7.15. The van der Waals surface area contributed by atoms with Gasteiger partial charge in [-0.2, -0.15) is 13.2 Å². The fraction of sp³-hybridized carbons (Fsp3) is 0.385. The van der Waals surface area contributed by atoms with E-state index in [0.717, 1.165) is 12.0 Å². The molecule has 114 valence electrons. The number of benzene rings is 1. The number of anilines is 2. The molecule has 0 atom stereocenters. The van der Waals surface area contributed by atoms with Crippen molar-refractivity contribution in [2.45, 2.75) is 26.1 Å². The third kappa shape index (κ3) is 4.07. The summed E-state index contributed by atoms with van der Waals surface area (Å²) in [6.45, 7) is 3.00. The zero-order chi connectivity index (χ0) is 15.5. The molecule has 0 saturated carbocycles. The van der Waals surface area contributed by atoms with E-state index in [-0.39, 0.29) is 5.13 Å². The van der Waals surface area contributed by atoms with Crippen molar-refractivity contribution < 1.29 is 13.2 Å². The molecule has 2 aromatic rings. The maximum Gasteiger partial charge on any atom is 0.445 e. The molecule has 21 heavy (non-hydrogen) atoms. The molecule has 0 amide bonds. The molecule has 0 saturated heterocycles. The highest BCUT2D eigenvalue weighted by Gasteiger charge is 2.36. The maximum atomic E-state index is 12.6. The van der Waals surface area contributed by atoms with Crippen LogP contribution >= 0.6 is 11.3 Å². The average Bonchev–Trinajstić information content (AvgIpc) is 2.87. The minimum atomic E-state index is -4.45. The van der Waals surface area contributed by atoms with Gasteiger partial charge < -0.3 is 10.6 Å². The van der Waals surface area contributed by atoms with Gasteiger partial charge in [-0.3, -0.25) is 0 Å². The van der Waals surface area contributed by atoms with E-state index in [4.69, 9.17) is 5.73 Å². The summed E-state index contributed by atoms with van der Waals surface area (Å²) in [6.07, 6.45) is -3.66. The quantitative estimate of drug-likeness (QED) is 0.857. The van der Waals surface area contributed by atoms with Crippen molar-refractivity contribution in [3.8, 4) is 0 Å². The first-order valence-corrected chi connectivity index (χ1v) is 7.22. The highest BCUT2D eigenvalue weighted by atomic mass is 32.1. The predicted molar refractivity (Wildman–Crippen MR) is 77.1 cm³/mol. The summed E-state index contributed by atoms with van der Waals surface area (Å²) in [4.78, 5) is 1.78. The van der Waals surface area contributed by atoms with Crippen molar-refractivity contribution >= 4 is 22.2 Å². The third-order valence-corrected chi connectivity index (χ3v) is 3.77. The van der Waals surface area contributed by atoms with Crippen LogP contribution in [0.15, 0.2) is 24.3 Å². The van der Waals surface area contributed by atoms with Crippen LogP contribution in [0.25, 0.3) is 0 Å². The number of halogens is 3. The first-order chi connectivity index (χ1) is 9.90. The molecule has 0 bridgehead atoms. The second kappa shape index (κ2) is 6.30. The monoisotopic (exact) mass is 316 g/mol. The molecular formula is C13H15F3N4S. The van der Waals surface area contributed by atoms with Gasteiger partial charge in [-0.15, -0.1) is 10.2 Å². The molecule has 0 fully saturated rings. The second-order valence-corrected chi connectivity index (χ2v) is 5.51. The fourth-order valence-corrected chi connectivity index (χ4v) is 2.62. The Bertz CT molecular complexity index is 597. The van der Waals surface area contributed by atoms with Crippen LogP contribution in [-0.2, 0) is 12.7 Å². The Morgan fingerprint density at radius 2 is 2.05 bits per heavy atom. The number of alkyl halides is 3. The van der Waals surface area contributed by atoms with Gasteiger partial charge in [0.05, 0.1) is 0 Å². The molecule has 0 aliphatic heterocycles. The molecule has 0 aliphatic rings. The molecule has 1 aromatic heterocycles. The van der Waals surface area contributed by atoms with E-state index in [0.29, 0.717) is 30.1 Å². The summed E-state index contributed by atoms with van der Waals surface area (Å²) in [7, 11) is 0. The van der Waals surface area contributed by atoms with Gasteiger partial charge in [0.15, 0.2) is 0 Å². The van der Waals surface area contributed by atoms with Gasteiger partial charge >= 0.3 is 6.18 Å². The van der Waals surface area contributed by atoms with Gasteiger partial charge in [0.2, 0.25) is 10.1 Å². The SMILES string of the molecule is CCCN(Cc1cccc(N)c1)c1nnc(C(F)(F)F)s1. The van der Waals surface area contributed by atoms with Crippen LogP contribution in [0.1, 0.15) is 23.9 Å². The Balaban J connectivity index is 2.20. The molecule has 1 aromatic carbocycles. The van der Waals surface area contributed by atoms with Crippen molar-refractivity contribution in [2.75, 3.05) is 17.2 Å². The number of hydrogen-bond acceptors (Lipinski definition) is 5. The molecule has 2 rings (SSSR count). The normalized spacial score (nSPS) is 11.6. The summed E-state index contributed by atoms with van der Waals surface area (Å²) < 4.78 is 37.8. The van der Waals surface area contributed by atoms with Crippen LogP contribution in [0.2, 0.25) is 0 Å². The largest absolute Gasteiger partial charge is 0.445 e. The summed E-state index contributed by atoms with van der Waals surface area (Å²) in [6, 6.07) is 7.26. The molecule has 4 nitrogen and oxygen atoms in total. The van der Waals surface area contributed by atoms with Crippen LogP contribution < -0.4 is 10.6 Å². The van der Waals surface area contributed by atoms with Crippen molar-refractivity contribution in [1.82, 2.24) is 10.2 Å². The van der Waals surface area contributed by atoms with Crippen molar-refractivity contribution in [2.24, 2.45) is 0 Å². The second-order valence-electron chi connectivity index (χ2n) is 4.55. The molecule has 0 spiro atoms. The Kier molecular flexibility index (Phi) is 4.66. The lowest BCUT2D eigenvalue weighted by Crippen LogP contribution is -2.23. The topological polar surface area (TPSA) is 55.0 Å². The van der Waals surface area contributed by atoms with E-state index >= 15 is 0 Å². The minimum absolute atomic E-state index is 0.270. The van der Waals surface area contributed by atoms with Crippen LogP contribution in [0.4, 0.5) is 24.0 Å². The number of nitrogens with two attached hydrogens (primary N) is 1. The number of nitrogen functional groups attached to an aromatic ring is 1. The lowest BCUT2D eigenvalue weighted by atomic mass is 10.2. The van der Waals surface area contributed by atoms with Gasteiger partial charge in [-0.05, 0) is 24.1 Å². The zero-order valence-electron chi connectivity index (χ0n) is 11.4. The van der Waals surface area contributed by atoms with E-state index in [9.17, 15) is 13.2 Å². The van der Waals surface area contributed by atoms with Crippen LogP contribution in [0.3, 0.4) is 0 Å². The standard InChI is InChI=1S/C13H15F3N4S/c1-2-6-20(8-9-4-3-5-10(17)7-9)12-19-18-11(21-12)13(14,15)16/h3-5,7H,2,6,8,17H2,1H3. The number of hydrogen-bond donors (Lipinski definition) is 1. The van der Waals surface area contributed by atoms with E-state index in [1.54, 1.807) is 17.0 Å². The molecule has 0 unspecified atom stereocenters. The lowest BCUT2D eigenvalue weighted by Gasteiger charge is -2.20. The molecule has 1 heterocycles. The zero-order valence-corrected chi connectivity index (χ0v) is 12.2. The summed E-state index contributed by atoms with van der Waals surface area (Å²) >= 11 is 0.559. The molecule has 2 N–H and O–H groups in total. The lowest BCUT2D eigenvalue weighted by molar-refractivity contribution is -0.138. The minimum Gasteiger partial charge on any atom is -0.399 e. The van der Waals surface area contributed by atoms with Gasteiger partial charge in [0, 0.05) is 18.8 Å². The van der Waals surface area contributed by atoms with Crippen molar-refractivity contribution in [3.05, 3.63) is 34.8 Å². The van der Waals surface area contributed by atoms with Crippen LogP contribution in [0, 0.1) is 0 Å². The van der Waals surface area contributed by atoms with E-state index in [1.165, 1.54) is 0 Å². The van der Waals surface area contributed by atoms with Crippen molar-refractivity contribution in [3.63, 3.8) is 0 Å². The third-order valence-electron chi connectivity index (χ3n) is 2.75. The average molecular weight is 316 g/mol. The van der Waals surface area contributed by atoms with E-state index < -0.39 is 11.2 Å². The molecule has 8 heteroatoms. The summed E-state index contributed by atoms with van der Waals surface area (Å²) in [5.74, 6) is 0. The van der Waals surface area contributed by atoms with Gasteiger partial charge in [0.25, 0.3) is 0 Å². The van der Waals surface area contributed by atoms with Gasteiger partial charge in [-0.25, -0.2) is 0 Å². The number of rotatable bonds is 5. The Labute approximate surface area is 124 Å². The fourth-order valence-electron chi connectivity index (χ4n) is 1.88. The first-order valence-electron chi connectivity index (χ1n) is 6.40. The van der Waals surface area contributed by atoms with Gasteiger partial charge in [0.1, 0.15) is 0 Å². The Morgan fingerprint density at radius 1 is 1.29 bits per heavy atom. The predicted octanol–water partition coefficient (Wildman–Crippen LogP) is 3.56. The Morgan fingerprint density at radius 3 is 2.62 bits per heavy atom. The maximum absolute atomic E-state index is 12.6. The first kappa shape index (κ1) is 15.6. The highest BCUT2D eigenvalue weighted by Crippen LogP contribution is 2.34. The van der Waals surface area contributed by atoms with E-state index in [2.05, 4.69) is 10.2 Å².